The number of aryl methyl sites for hydroxylation is 1. The lowest BCUT2D eigenvalue weighted by molar-refractivity contribution is 0.299. The fourth-order valence-corrected chi connectivity index (χ4v) is 4.30. The van der Waals surface area contributed by atoms with Crippen molar-refractivity contribution in [2.45, 2.75) is 17.9 Å². The standard InChI is InChI=1S/C20H23N3O2S/c1-15-11-12-19(17-10-7-13-21-20(15)17)26(24,25)22-14-18(23(2)3)16-8-5-4-6-9-16/h4-13,18,22H,14H2,1-3H3/t18-/m1/s1. The fraction of sp³-hybridized carbons (Fsp3) is 0.250. The number of nitrogens with zero attached hydrogens (tertiary/aromatic N) is 2. The minimum atomic E-state index is -3.66. The number of rotatable bonds is 6. The van der Waals surface area contributed by atoms with Gasteiger partial charge in [-0.1, -0.05) is 36.4 Å². The van der Waals surface area contributed by atoms with E-state index in [4.69, 9.17) is 0 Å². The Bertz CT molecular complexity index is 1000. The van der Waals surface area contributed by atoms with Crippen LogP contribution in [0, 0.1) is 6.92 Å². The molecule has 1 atom stereocenters. The lowest BCUT2D eigenvalue weighted by atomic mass is 10.1. The Balaban J connectivity index is 1.91. The second kappa shape index (κ2) is 7.53. The van der Waals surface area contributed by atoms with Gasteiger partial charge in [0, 0.05) is 24.2 Å². The Kier molecular flexibility index (Phi) is 5.36. The molecule has 0 unspecified atom stereocenters. The molecule has 0 aliphatic rings. The number of likely N-dealkylation sites (N-methyl/N-ethyl adjacent to an activating group) is 1. The zero-order chi connectivity index (χ0) is 18.7. The third-order valence-electron chi connectivity index (χ3n) is 4.50. The van der Waals surface area contributed by atoms with Gasteiger partial charge in [-0.15, -0.1) is 0 Å². The molecule has 3 aromatic rings. The molecule has 0 bridgehead atoms. The first kappa shape index (κ1) is 18.5. The van der Waals surface area contributed by atoms with Crippen LogP contribution >= 0.6 is 0 Å². The molecule has 0 spiro atoms. The van der Waals surface area contributed by atoms with Gasteiger partial charge in [0.15, 0.2) is 0 Å². The van der Waals surface area contributed by atoms with E-state index in [9.17, 15) is 8.42 Å². The summed E-state index contributed by atoms with van der Waals surface area (Å²) in [5.74, 6) is 0. The molecule has 0 aliphatic heterocycles. The van der Waals surface area contributed by atoms with E-state index in [1.165, 1.54) is 0 Å². The van der Waals surface area contributed by atoms with Gasteiger partial charge in [-0.3, -0.25) is 4.98 Å². The maximum Gasteiger partial charge on any atom is 0.241 e. The number of fused-ring (bicyclic) bond motifs is 1. The summed E-state index contributed by atoms with van der Waals surface area (Å²) in [5, 5.41) is 0.640. The summed E-state index contributed by atoms with van der Waals surface area (Å²) in [7, 11) is 0.226. The second-order valence-corrected chi connectivity index (χ2v) is 8.26. The molecule has 0 fully saturated rings. The van der Waals surface area contributed by atoms with Gasteiger partial charge in [-0.25, -0.2) is 13.1 Å². The molecule has 0 amide bonds. The summed E-state index contributed by atoms with van der Waals surface area (Å²) in [5.41, 5.74) is 2.73. The number of nitrogens with one attached hydrogen (secondary N) is 1. The smallest absolute Gasteiger partial charge is 0.241 e. The first-order chi connectivity index (χ1) is 12.4. The van der Waals surface area contributed by atoms with Crippen molar-refractivity contribution in [3.63, 3.8) is 0 Å². The Hall–Kier alpha value is -2.28. The van der Waals surface area contributed by atoms with Crippen molar-refractivity contribution in [1.29, 1.82) is 0 Å². The van der Waals surface area contributed by atoms with Crippen LogP contribution in [0.5, 0.6) is 0 Å². The predicted molar refractivity (Wildman–Crippen MR) is 105 cm³/mol. The van der Waals surface area contributed by atoms with E-state index in [0.717, 1.165) is 11.1 Å². The number of aromatic nitrogens is 1. The Morgan fingerprint density at radius 1 is 1.04 bits per heavy atom. The van der Waals surface area contributed by atoms with E-state index in [2.05, 4.69) is 9.71 Å². The summed E-state index contributed by atoms with van der Waals surface area (Å²) in [6.45, 7) is 2.21. The Morgan fingerprint density at radius 3 is 2.46 bits per heavy atom. The van der Waals surface area contributed by atoms with Crippen molar-refractivity contribution >= 4 is 20.9 Å². The topological polar surface area (TPSA) is 62.3 Å². The third-order valence-corrected chi connectivity index (χ3v) is 5.98. The minimum absolute atomic E-state index is 0.0548. The molecule has 0 radical (unpaired) electrons. The third kappa shape index (κ3) is 3.77. The monoisotopic (exact) mass is 369 g/mol. The molecule has 0 aliphatic carbocycles. The van der Waals surface area contributed by atoms with E-state index in [1.54, 1.807) is 30.5 Å². The van der Waals surface area contributed by atoms with Crippen LogP contribution in [-0.2, 0) is 10.0 Å². The van der Waals surface area contributed by atoms with Gasteiger partial charge in [0.25, 0.3) is 0 Å². The van der Waals surface area contributed by atoms with Crippen molar-refractivity contribution in [3.05, 3.63) is 71.9 Å². The largest absolute Gasteiger partial charge is 0.301 e. The molecule has 5 nitrogen and oxygen atoms in total. The van der Waals surface area contributed by atoms with Crippen molar-refractivity contribution in [1.82, 2.24) is 14.6 Å². The Morgan fingerprint density at radius 2 is 1.77 bits per heavy atom. The molecule has 0 saturated heterocycles. The highest BCUT2D eigenvalue weighted by Gasteiger charge is 2.22. The van der Waals surface area contributed by atoms with E-state index in [1.807, 2.05) is 56.3 Å². The SMILES string of the molecule is Cc1ccc(S(=O)(=O)NC[C@H](c2ccccc2)N(C)C)c2cccnc12. The molecule has 6 heteroatoms. The van der Waals surface area contributed by atoms with Crippen LogP contribution in [0.25, 0.3) is 10.9 Å². The lowest BCUT2D eigenvalue weighted by Crippen LogP contribution is -2.34. The molecule has 1 aromatic heterocycles. The average Bonchev–Trinajstić information content (AvgIpc) is 2.62. The van der Waals surface area contributed by atoms with Crippen molar-refractivity contribution in [3.8, 4) is 0 Å². The van der Waals surface area contributed by atoms with Crippen LogP contribution in [0.4, 0.5) is 0 Å². The molecule has 0 saturated carbocycles. The highest BCUT2D eigenvalue weighted by Crippen LogP contribution is 2.25. The summed E-state index contributed by atoms with van der Waals surface area (Å²) in [6, 6.07) is 16.8. The van der Waals surface area contributed by atoms with Gasteiger partial charge in [0.05, 0.1) is 10.4 Å². The van der Waals surface area contributed by atoms with Gasteiger partial charge in [-0.2, -0.15) is 0 Å². The number of benzene rings is 2. The maximum atomic E-state index is 13.0. The van der Waals surface area contributed by atoms with Crippen LogP contribution in [0.15, 0.2) is 65.7 Å². The van der Waals surface area contributed by atoms with Gasteiger partial charge in [0.1, 0.15) is 0 Å². The van der Waals surface area contributed by atoms with Gasteiger partial charge >= 0.3 is 0 Å². The number of hydrogen-bond acceptors (Lipinski definition) is 4. The molecular weight excluding hydrogens is 346 g/mol. The zero-order valence-corrected chi connectivity index (χ0v) is 16.0. The van der Waals surface area contributed by atoms with Crippen molar-refractivity contribution in [2.24, 2.45) is 0 Å². The van der Waals surface area contributed by atoms with Gasteiger partial charge < -0.3 is 4.90 Å². The van der Waals surface area contributed by atoms with E-state index in [-0.39, 0.29) is 17.5 Å². The van der Waals surface area contributed by atoms with E-state index >= 15 is 0 Å². The van der Waals surface area contributed by atoms with Gasteiger partial charge in [-0.05, 0) is 50.3 Å². The minimum Gasteiger partial charge on any atom is -0.301 e. The molecule has 2 aromatic carbocycles. The highest BCUT2D eigenvalue weighted by atomic mass is 32.2. The number of pyridine rings is 1. The molecule has 136 valence electrons. The molecule has 3 rings (SSSR count). The van der Waals surface area contributed by atoms with E-state index in [0.29, 0.717) is 10.9 Å². The van der Waals surface area contributed by atoms with Crippen molar-refractivity contribution in [2.75, 3.05) is 20.6 Å². The van der Waals surface area contributed by atoms with Crippen LogP contribution in [-0.4, -0.2) is 38.9 Å². The molecule has 1 N–H and O–H groups in total. The maximum absolute atomic E-state index is 13.0. The zero-order valence-electron chi connectivity index (χ0n) is 15.2. The quantitative estimate of drug-likeness (QED) is 0.725. The number of sulfonamides is 1. The van der Waals surface area contributed by atoms with Crippen LogP contribution in [0.1, 0.15) is 17.2 Å². The first-order valence-electron chi connectivity index (χ1n) is 8.45. The first-order valence-corrected chi connectivity index (χ1v) is 9.94. The summed E-state index contributed by atoms with van der Waals surface area (Å²) < 4.78 is 28.7. The van der Waals surface area contributed by atoms with E-state index < -0.39 is 10.0 Å². The Labute approximate surface area is 154 Å². The fourth-order valence-electron chi connectivity index (χ4n) is 3.06. The molecular formula is C20H23N3O2S. The van der Waals surface area contributed by atoms with Crippen LogP contribution < -0.4 is 4.72 Å². The predicted octanol–water partition coefficient (Wildman–Crippen LogP) is 3.12. The summed E-state index contributed by atoms with van der Waals surface area (Å²) >= 11 is 0. The molecule has 1 heterocycles. The molecule has 26 heavy (non-hydrogen) atoms. The average molecular weight is 369 g/mol. The van der Waals surface area contributed by atoms with Crippen LogP contribution in [0.2, 0.25) is 0 Å². The lowest BCUT2D eigenvalue weighted by Gasteiger charge is -2.25. The highest BCUT2D eigenvalue weighted by molar-refractivity contribution is 7.89. The second-order valence-electron chi connectivity index (χ2n) is 6.52. The summed E-state index contributed by atoms with van der Waals surface area (Å²) in [4.78, 5) is 6.59. The summed E-state index contributed by atoms with van der Waals surface area (Å²) in [6.07, 6.45) is 1.68. The normalized spacial score (nSPS) is 13.2. The van der Waals surface area contributed by atoms with Crippen molar-refractivity contribution < 1.29 is 8.42 Å². The van der Waals surface area contributed by atoms with Gasteiger partial charge in [0.2, 0.25) is 10.0 Å². The van der Waals surface area contributed by atoms with Crippen LogP contribution in [0.3, 0.4) is 0 Å². The number of hydrogen-bond donors (Lipinski definition) is 1.